The lowest BCUT2D eigenvalue weighted by Gasteiger charge is -2.34. The third-order valence-corrected chi connectivity index (χ3v) is 3.77. The van der Waals surface area contributed by atoms with Crippen molar-refractivity contribution in [3.8, 4) is 0 Å². The molecule has 0 spiro atoms. The van der Waals surface area contributed by atoms with Gasteiger partial charge in [0.15, 0.2) is 0 Å². The standard InChI is InChI=1S/C12H18N2O2S/c1-9(6-13)12(15)14-3-4-16-11(7-14)10-2-5-17-8-10/h2,5,8-9,11H,3-4,6-7,13H2,1H3. The molecule has 17 heavy (non-hydrogen) atoms. The van der Waals surface area contributed by atoms with E-state index in [2.05, 4.69) is 11.4 Å². The lowest BCUT2D eigenvalue weighted by Crippen LogP contribution is -2.45. The van der Waals surface area contributed by atoms with Crippen LogP contribution in [-0.4, -0.2) is 37.0 Å². The number of nitrogens with two attached hydrogens (primary N) is 1. The first-order valence-electron chi connectivity index (χ1n) is 5.85. The van der Waals surface area contributed by atoms with Crippen molar-refractivity contribution in [1.82, 2.24) is 4.90 Å². The van der Waals surface area contributed by atoms with E-state index in [1.165, 1.54) is 0 Å². The Balaban J connectivity index is 2.00. The molecule has 0 saturated carbocycles. The minimum Gasteiger partial charge on any atom is -0.370 e. The van der Waals surface area contributed by atoms with E-state index in [1.807, 2.05) is 17.2 Å². The molecule has 2 rings (SSSR count). The van der Waals surface area contributed by atoms with Gasteiger partial charge in [0.1, 0.15) is 6.10 Å². The fourth-order valence-corrected chi connectivity index (χ4v) is 2.62. The largest absolute Gasteiger partial charge is 0.370 e. The summed E-state index contributed by atoms with van der Waals surface area (Å²) in [6.45, 7) is 4.18. The van der Waals surface area contributed by atoms with E-state index in [9.17, 15) is 4.79 Å². The van der Waals surface area contributed by atoms with Crippen molar-refractivity contribution in [2.45, 2.75) is 13.0 Å². The third kappa shape index (κ3) is 2.86. The summed E-state index contributed by atoms with van der Waals surface area (Å²) in [5.74, 6) is 0.0345. The van der Waals surface area contributed by atoms with Crippen LogP contribution in [0.25, 0.3) is 0 Å². The number of thiophene rings is 1. The highest BCUT2D eigenvalue weighted by Crippen LogP contribution is 2.24. The molecular formula is C12H18N2O2S. The van der Waals surface area contributed by atoms with Crippen LogP contribution in [0.15, 0.2) is 16.8 Å². The molecule has 1 aliphatic rings. The van der Waals surface area contributed by atoms with Crippen LogP contribution in [0.3, 0.4) is 0 Å². The van der Waals surface area contributed by atoms with Crippen molar-refractivity contribution in [3.05, 3.63) is 22.4 Å². The van der Waals surface area contributed by atoms with Gasteiger partial charge in [0, 0.05) is 19.0 Å². The fraction of sp³-hybridized carbons (Fsp3) is 0.583. The average molecular weight is 254 g/mol. The Morgan fingerprint density at radius 1 is 1.76 bits per heavy atom. The molecule has 1 saturated heterocycles. The number of carbonyl (C=O) groups is 1. The topological polar surface area (TPSA) is 55.6 Å². The second-order valence-corrected chi connectivity index (χ2v) is 5.12. The van der Waals surface area contributed by atoms with Crippen molar-refractivity contribution < 1.29 is 9.53 Å². The molecule has 1 aromatic rings. The van der Waals surface area contributed by atoms with Gasteiger partial charge in [-0.05, 0) is 22.4 Å². The van der Waals surface area contributed by atoms with Gasteiger partial charge in [-0.25, -0.2) is 0 Å². The second kappa shape index (κ2) is 5.62. The van der Waals surface area contributed by atoms with E-state index < -0.39 is 0 Å². The highest BCUT2D eigenvalue weighted by Gasteiger charge is 2.27. The molecule has 0 bridgehead atoms. The zero-order chi connectivity index (χ0) is 12.3. The van der Waals surface area contributed by atoms with E-state index in [0.717, 1.165) is 5.56 Å². The summed E-state index contributed by atoms with van der Waals surface area (Å²) in [5.41, 5.74) is 6.69. The summed E-state index contributed by atoms with van der Waals surface area (Å²) in [6.07, 6.45) is 0.0175. The van der Waals surface area contributed by atoms with Crippen LogP contribution in [0.2, 0.25) is 0 Å². The van der Waals surface area contributed by atoms with Gasteiger partial charge in [-0.2, -0.15) is 11.3 Å². The Morgan fingerprint density at radius 2 is 2.59 bits per heavy atom. The fourth-order valence-electron chi connectivity index (χ4n) is 1.92. The number of nitrogens with zero attached hydrogens (tertiary/aromatic N) is 1. The molecule has 4 nitrogen and oxygen atoms in total. The molecule has 1 fully saturated rings. The van der Waals surface area contributed by atoms with Crippen molar-refractivity contribution in [1.29, 1.82) is 0 Å². The molecule has 0 radical (unpaired) electrons. The third-order valence-electron chi connectivity index (χ3n) is 3.07. The maximum atomic E-state index is 12.0. The first-order chi connectivity index (χ1) is 8.22. The number of ether oxygens (including phenoxy) is 1. The van der Waals surface area contributed by atoms with Gasteiger partial charge >= 0.3 is 0 Å². The summed E-state index contributed by atoms with van der Waals surface area (Å²) in [7, 11) is 0. The smallest absolute Gasteiger partial charge is 0.226 e. The number of hydrogen-bond donors (Lipinski definition) is 1. The van der Waals surface area contributed by atoms with Crippen molar-refractivity contribution in [2.24, 2.45) is 11.7 Å². The van der Waals surface area contributed by atoms with Crippen LogP contribution in [0, 0.1) is 5.92 Å². The second-order valence-electron chi connectivity index (χ2n) is 4.34. The number of hydrogen-bond acceptors (Lipinski definition) is 4. The summed E-state index contributed by atoms with van der Waals surface area (Å²) < 4.78 is 5.70. The average Bonchev–Trinajstić information content (AvgIpc) is 2.91. The van der Waals surface area contributed by atoms with Gasteiger partial charge in [0.25, 0.3) is 0 Å². The van der Waals surface area contributed by atoms with Crippen LogP contribution in [0.5, 0.6) is 0 Å². The first kappa shape index (κ1) is 12.5. The van der Waals surface area contributed by atoms with Gasteiger partial charge < -0.3 is 15.4 Å². The Bertz CT molecular complexity index is 367. The monoisotopic (exact) mass is 254 g/mol. The Labute approximate surface area is 105 Å². The molecule has 2 N–H and O–H groups in total. The van der Waals surface area contributed by atoms with Crippen molar-refractivity contribution in [2.75, 3.05) is 26.2 Å². The van der Waals surface area contributed by atoms with E-state index in [0.29, 0.717) is 26.2 Å². The van der Waals surface area contributed by atoms with Gasteiger partial charge in [-0.1, -0.05) is 6.92 Å². The van der Waals surface area contributed by atoms with Gasteiger partial charge in [-0.3, -0.25) is 4.79 Å². The maximum absolute atomic E-state index is 12.0. The molecule has 1 aliphatic heterocycles. The lowest BCUT2D eigenvalue weighted by molar-refractivity contribution is -0.142. The number of morpholine rings is 1. The Morgan fingerprint density at radius 3 is 3.24 bits per heavy atom. The van der Waals surface area contributed by atoms with Crippen LogP contribution < -0.4 is 5.73 Å². The van der Waals surface area contributed by atoms with Crippen LogP contribution in [0.1, 0.15) is 18.6 Å². The van der Waals surface area contributed by atoms with Gasteiger partial charge in [0.05, 0.1) is 13.2 Å². The molecular weight excluding hydrogens is 236 g/mol. The molecule has 94 valence electrons. The van der Waals surface area contributed by atoms with Crippen molar-refractivity contribution >= 4 is 17.2 Å². The van der Waals surface area contributed by atoms with Crippen LogP contribution in [-0.2, 0) is 9.53 Å². The van der Waals surface area contributed by atoms with E-state index >= 15 is 0 Å². The minimum absolute atomic E-state index is 0.0175. The zero-order valence-electron chi connectivity index (χ0n) is 9.96. The summed E-state index contributed by atoms with van der Waals surface area (Å²) in [6, 6.07) is 2.05. The normalized spacial score (nSPS) is 22.5. The first-order valence-corrected chi connectivity index (χ1v) is 6.79. The van der Waals surface area contributed by atoms with Gasteiger partial charge in [0.2, 0.25) is 5.91 Å². The minimum atomic E-state index is -0.101. The summed E-state index contributed by atoms with van der Waals surface area (Å²) >= 11 is 1.65. The highest BCUT2D eigenvalue weighted by molar-refractivity contribution is 7.07. The molecule has 2 unspecified atom stereocenters. The molecule has 2 heterocycles. The van der Waals surface area contributed by atoms with Gasteiger partial charge in [-0.15, -0.1) is 0 Å². The Kier molecular flexibility index (Phi) is 4.15. The molecule has 1 aromatic heterocycles. The number of amides is 1. The number of rotatable bonds is 3. The molecule has 0 aliphatic carbocycles. The van der Waals surface area contributed by atoms with Crippen molar-refractivity contribution in [3.63, 3.8) is 0 Å². The lowest BCUT2D eigenvalue weighted by atomic mass is 10.1. The van der Waals surface area contributed by atoms with E-state index in [1.54, 1.807) is 11.3 Å². The molecule has 2 atom stereocenters. The van der Waals surface area contributed by atoms with Crippen LogP contribution >= 0.6 is 11.3 Å². The quantitative estimate of drug-likeness (QED) is 0.883. The predicted molar refractivity (Wildman–Crippen MR) is 67.8 cm³/mol. The summed E-state index contributed by atoms with van der Waals surface area (Å²) in [5, 5.41) is 4.10. The molecule has 1 amide bonds. The maximum Gasteiger partial charge on any atom is 0.226 e. The molecule has 5 heteroatoms. The molecule has 0 aromatic carbocycles. The van der Waals surface area contributed by atoms with E-state index in [-0.39, 0.29) is 17.9 Å². The predicted octanol–water partition coefficient (Wildman–Crippen LogP) is 1.24. The summed E-state index contributed by atoms with van der Waals surface area (Å²) in [4.78, 5) is 13.9. The van der Waals surface area contributed by atoms with Crippen LogP contribution in [0.4, 0.5) is 0 Å². The van der Waals surface area contributed by atoms with E-state index in [4.69, 9.17) is 10.5 Å². The number of carbonyl (C=O) groups excluding carboxylic acids is 1. The zero-order valence-corrected chi connectivity index (χ0v) is 10.8. The SMILES string of the molecule is CC(CN)C(=O)N1CCOC(c2ccsc2)C1. The highest BCUT2D eigenvalue weighted by atomic mass is 32.1. The Hall–Kier alpha value is -0.910.